The van der Waals surface area contributed by atoms with Crippen molar-refractivity contribution >= 4 is 17.6 Å². The summed E-state index contributed by atoms with van der Waals surface area (Å²) in [6.07, 6.45) is 6.27. The minimum Gasteiger partial charge on any atom is -0.507 e. The topological polar surface area (TPSA) is 115 Å². The average molecular weight is 383 g/mol. The zero-order valence-electron chi connectivity index (χ0n) is 15.4. The van der Waals surface area contributed by atoms with Gasteiger partial charge in [-0.15, -0.1) is 10.2 Å². The molecular formula is C19H17N3O6. The largest absolute Gasteiger partial charge is 0.507 e. The summed E-state index contributed by atoms with van der Waals surface area (Å²) in [4.78, 5) is 26.1. The van der Waals surface area contributed by atoms with Crippen LogP contribution in [0.3, 0.4) is 0 Å². The maximum absolute atomic E-state index is 12.5. The van der Waals surface area contributed by atoms with Crippen LogP contribution in [0.4, 0.5) is 5.69 Å². The lowest BCUT2D eigenvalue weighted by Crippen LogP contribution is -2.26. The predicted molar refractivity (Wildman–Crippen MR) is 98.0 cm³/mol. The van der Waals surface area contributed by atoms with Gasteiger partial charge in [-0.2, -0.15) is 0 Å². The number of carbonyl (C=O) groups is 2. The summed E-state index contributed by atoms with van der Waals surface area (Å²) in [5.41, 5.74) is 0.693. The minimum absolute atomic E-state index is 0.0163. The molecule has 0 saturated carbocycles. The lowest BCUT2D eigenvalue weighted by Gasteiger charge is -2.23. The summed E-state index contributed by atoms with van der Waals surface area (Å²) in [6, 6.07) is 4.54. The smallest absolute Gasteiger partial charge is 0.355 e. The Morgan fingerprint density at radius 3 is 2.50 bits per heavy atom. The van der Waals surface area contributed by atoms with Crippen molar-refractivity contribution in [3.05, 3.63) is 59.8 Å². The Morgan fingerprint density at radius 1 is 1.11 bits per heavy atom. The number of allylic oxidation sites excluding steroid dienone is 2. The fourth-order valence-electron chi connectivity index (χ4n) is 2.62. The molecule has 0 bridgehead atoms. The number of aromatic hydroxyl groups is 1. The Hall–Kier alpha value is -3.88. The summed E-state index contributed by atoms with van der Waals surface area (Å²) in [5.74, 6) is -1.06. The third-order valence-electron chi connectivity index (χ3n) is 3.90. The van der Waals surface area contributed by atoms with E-state index < -0.39 is 11.9 Å². The lowest BCUT2D eigenvalue weighted by atomic mass is 10.1. The summed E-state index contributed by atoms with van der Waals surface area (Å²) in [6.45, 7) is 1.63. The highest BCUT2D eigenvalue weighted by molar-refractivity contribution is 6.05. The van der Waals surface area contributed by atoms with Crippen molar-refractivity contribution in [3.63, 3.8) is 0 Å². The van der Waals surface area contributed by atoms with Crippen LogP contribution in [0.1, 0.15) is 5.89 Å². The van der Waals surface area contributed by atoms with E-state index in [-0.39, 0.29) is 28.5 Å². The molecule has 0 saturated heterocycles. The number of carbonyl (C=O) groups excluding carboxylic acids is 2. The number of phenols is 1. The molecule has 0 fully saturated rings. The first-order valence-electron chi connectivity index (χ1n) is 8.14. The lowest BCUT2D eigenvalue weighted by molar-refractivity contribution is -0.139. The van der Waals surface area contributed by atoms with Crippen LogP contribution in [0, 0.1) is 6.92 Å². The van der Waals surface area contributed by atoms with Gasteiger partial charge < -0.3 is 23.9 Å². The fraction of sp³-hybridized carbons (Fsp3) is 0.158. The van der Waals surface area contributed by atoms with Crippen LogP contribution >= 0.6 is 0 Å². The molecule has 1 aliphatic rings. The van der Waals surface area contributed by atoms with Crippen LogP contribution in [0.2, 0.25) is 0 Å². The van der Waals surface area contributed by atoms with E-state index in [4.69, 9.17) is 13.9 Å². The van der Waals surface area contributed by atoms with Crippen LogP contribution in [0.5, 0.6) is 5.75 Å². The number of nitrogens with zero attached hydrogens (tertiary/aromatic N) is 3. The quantitative estimate of drug-likeness (QED) is 0.794. The molecular weight excluding hydrogens is 366 g/mol. The molecule has 0 radical (unpaired) electrons. The Morgan fingerprint density at radius 2 is 1.86 bits per heavy atom. The van der Waals surface area contributed by atoms with Gasteiger partial charge in [-0.05, 0) is 30.4 Å². The SMILES string of the molecule is COC(=O)C1=C(C(=O)OC)N(c2ccc(O)c(-c3nnc(C)o3)c2)C=CC=C1. The van der Waals surface area contributed by atoms with Crippen molar-refractivity contribution in [2.45, 2.75) is 6.92 Å². The predicted octanol–water partition coefficient (Wildman–Crippen LogP) is 2.24. The van der Waals surface area contributed by atoms with Gasteiger partial charge in [-0.3, -0.25) is 0 Å². The van der Waals surface area contributed by atoms with Crippen LogP contribution in [0.25, 0.3) is 11.5 Å². The van der Waals surface area contributed by atoms with Crippen molar-refractivity contribution in [1.82, 2.24) is 10.2 Å². The second-order valence-electron chi connectivity index (χ2n) is 5.64. The molecule has 144 valence electrons. The Bertz CT molecular complexity index is 1020. The molecule has 2 aromatic rings. The maximum Gasteiger partial charge on any atom is 0.355 e. The molecule has 0 spiro atoms. The number of anilines is 1. The number of phenolic OH excluding ortho intramolecular Hbond substituents is 1. The third-order valence-corrected chi connectivity index (χ3v) is 3.90. The van der Waals surface area contributed by atoms with Gasteiger partial charge >= 0.3 is 11.9 Å². The molecule has 9 heteroatoms. The first-order chi connectivity index (χ1) is 13.5. The molecule has 1 N–H and O–H groups in total. The van der Waals surface area contributed by atoms with Gasteiger partial charge in [-0.25, -0.2) is 9.59 Å². The number of aromatic nitrogens is 2. The second-order valence-corrected chi connectivity index (χ2v) is 5.64. The average Bonchev–Trinajstić information content (AvgIpc) is 3.01. The maximum atomic E-state index is 12.5. The van der Waals surface area contributed by atoms with Crippen LogP contribution in [-0.2, 0) is 19.1 Å². The number of hydrogen-bond donors (Lipinski definition) is 1. The molecule has 9 nitrogen and oxygen atoms in total. The summed E-state index contributed by atoms with van der Waals surface area (Å²) < 4.78 is 15.0. The minimum atomic E-state index is -0.736. The third kappa shape index (κ3) is 3.50. The van der Waals surface area contributed by atoms with E-state index in [2.05, 4.69) is 10.2 Å². The molecule has 1 aliphatic heterocycles. The molecule has 28 heavy (non-hydrogen) atoms. The van der Waals surface area contributed by atoms with Gasteiger partial charge in [0.2, 0.25) is 5.89 Å². The number of rotatable bonds is 4. The molecule has 0 atom stereocenters. The van der Waals surface area contributed by atoms with Crippen molar-refractivity contribution in [1.29, 1.82) is 0 Å². The van der Waals surface area contributed by atoms with Gasteiger partial charge in [0.15, 0.2) is 0 Å². The van der Waals surface area contributed by atoms with Crippen LogP contribution in [-0.4, -0.2) is 41.5 Å². The highest BCUT2D eigenvalue weighted by Gasteiger charge is 2.28. The molecule has 2 heterocycles. The van der Waals surface area contributed by atoms with E-state index in [1.54, 1.807) is 37.4 Å². The normalized spacial score (nSPS) is 13.5. The van der Waals surface area contributed by atoms with E-state index in [9.17, 15) is 14.7 Å². The van der Waals surface area contributed by atoms with E-state index in [1.165, 1.54) is 31.3 Å². The van der Waals surface area contributed by atoms with Gasteiger partial charge in [0.05, 0.1) is 25.4 Å². The standard InChI is InChI=1S/C19H17N3O6/c1-11-20-21-17(28-11)14-10-12(7-8-15(14)23)22-9-5-4-6-13(18(24)26-2)16(22)19(25)27-3/h4-10,23H,1-3H3. The first-order valence-corrected chi connectivity index (χ1v) is 8.14. The van der Waals surface area contributed by atoms with Crippen LogP contribution < -0.4 is 4.90 Å². The number of ether oxygens (including phenoxy) is 2. The van der Waals surface area contributed by atoms with Gasteiger partial charge in [0.1, 0.15) is 11.4 Å². The number of esters is 2. The Kier molecular flexibility index (Phi) is 5.25. The fourth-order valence-corrected chi connectivity index (χ4v) is 2.62. The second kappa shape index (κ2) is 7.78. The van der Waals surface area contributed by atoms with Gasteiger partial charge in [0.25, 0.3) is 5.89 Å². The molecule has 0 aliphatic carbocycles. The zero-order valence-corrected chi connectivity index (χ0v) is 15.4. The summed E-state index contributed by atoms with van der Waals surface area (Å²) in [7, 11) is 2.43. The van der Waals surface area contributed by atoms with Crippen molar-refractivity contribution in [2.24, 2.45) is 0 Å². The Labute approximate surface area is 160 Å². The molecule has 3 rings (SSSR count). The van der Waals surface area contributed by atoms with E-state index in [0.717, 1.165) is 0 Å². The van der Waals surface area contributed by atoms with Crippen molar-refractivity contribution in [2.75, 3.05) is 19.1 Å². The number of aryl methyl sites for hydroxylation is 1. The molecule has 0 amide bonds. The first kappa shape index (κ1) is 18.9. The van der Waals surface area contributed by atoms with E-state index >= 15 is 0 Å². The van der Waals surface area contributed by atoms with Crippen molar-refractivity contribution in [3.8, 4) is 17.2 Å². The number of benzene rings is 1. The van der Waals surface area contributed by atoms with Crippen LogP contribution in [0.15, 0.2) is 58.3 Å². The zero-order chi connectivity index (χ0) is 20.3. The molecule has 1 aromatic heterocycles. The highest BCUT2D eigenvalue weighted by Crippen LogP contribution is 2.35. The van der Waals surface area contributed by atoms with Gasteiger partial charge in [-0.1, -0.05) is 6.08 Å². The van der Waals surface area contributed by atoms with E-state index in [1.807, 2.05) is 0 Å². The van der Waals surface area contributed by atoms with Gasteiger partial charge in [0, 0.05) is 18.8 Å². The number of hydrogen-bond acceptors (Lipinski definition) is 9. The highest BCUT2D eigenvalue weighted by atomic mass is 16.5. The molecule has 0 unspecified atom stereocenters. The number of methoxy groups -OCH3 is 2. The molecule has 1 aromatic carbocycles. The Balaban J connectivity index is 2.17. The summed E-state index contributed by atoms with van der Waals surface area (Å²) in [5, 5.41) is 17.9. The summed E-state index contributed by atoms with van der Waals surface area (Å²) >= 11 is 0. The van der Waals surface area contributed by atoms with Crippen molar-refractivity contribution < 1.29 is 28.6 Å². The van der Waals surface area contributed by atoms with E-state index in [0.29, 0.717) is 11.6 Å². The monoisotopic (exact) mass is 383 g/mol.